The van der Waals surface area contributed by atoms with Crippen molar-refractivity contribution in [2.24, 2.45) is 0 Å². The minimum Gasteiger partial charge on any atom is -0.432 e. The van der Waals surface area contributed by atoms with Crippen molar-refractivity contribution in [3.63, 3.8) is 0 Å². The molecule has 0 aliphatic carbocycles. The number of esters is 1. The molecule has 1 atom stereocenters. The molecule has 9 heavy (non-hydrogen) atoms. The number of rotatable bonds is 2. The minimum absolute atomic E-state index is 0.212. The van der Waals surface area contributed by atoms with Crippen LogP contribution in [0, 0.1) is 5.41 Å². The molecule has 0 amide bonds. The van der Waals surface area contributed by atoms with Crippen molar-refractivity contribution in [3.8, 4) is 0 Å². The van der Waals surface area contributed by atoms with E-state index in [1.54, 1.807) is 0 Å². The van der Waals surface area contributed by atoms with E-state index in [-0.39, 0.29) is 5.71 Å². The van der Waals surface area contributed by atoms with Crippen molar-refractivity contribution in [1.29, 1.82) is 5.41 Å². The van der Waals surface area contributed by atoms with Crippen molar-refractivity contribution in [1.82, 2.24) is 0 Å². The Balaban J connectivity index is 3.65. The molecule has 0 aliphatic rings. The molecule has 0 fully saturated rings. The van der Waals surface area contributed by atoms with E-state index in [9.17, 15) is 4.79 Å². The molecule has 4 heteroatoms. The predicted molar refractivity (Wildman–Crippen MR) is 31.2 cm³/mol. The summed E-state index contributed by atoms with van der Waals surface area (Å²) in [6.07, 6.45) is -1.13. The smallest absolute Gasteiger partial charge is 0.353 e. The van der Waals surface area contributed by atoms with E-state index < -0.39 is 12.3 Å². The monoisotopic (exact) mass is 131 g/mol. The lowest BCUT2D eigenvalue weighted by Gasteiger charge is -2.03. The molecular formula is C5H9NO3. The third-order valence-electron chi connectivity index (χ3n) is 0.584. The van der Waals surface area contributed by atoms with Gasteiger partial charge in [0.15, 0.2) is 6.29 Å². The van der Waals surface area contributed by atoms with Crippen LogP contribution in [0.1, 0.15) is 13.8 Å². The van der Waals surface area contributed by atoms with Gasteiger partial charge < -0.3 is 9.84 Å². The second-order valence-corrected chi connectivity index (χ2v) is 1.63. The first kappa shape index (κ1) is 8.10. The lowest BCUT2D eigenvalue weighted by Crippen LogP contribution is -2.19. The molecule has 0 aliphatic heterocycles. The van der Waals surface area contributed by atoms with Crippen LogP contribution in [-0.2, 0) is 9.53 Å². The predicted octanol–water partition coefficient (Wildman–Crippen LogP) is -0.0924. The fraction of sp³-hybridized carbons (Fsp3) is 0.600. The van der Waals surface area contributed by atoms with Crippen molar-refractivity contribution >= 4 is 11.7 Å². The Morgan fingerprint density at radius 2 is 2.22 bits per heavy atom. The molecular weight excluding hydrogens is 122 g/mol. The Morgan fingerprint density at radius 3 is 2.33 bits per heavy atom. The maximum atomic E-state index is 10.3. The number of ether oxygens (including phenoxy) is 1. The molecule has 0 bridgehead atoms. The number of nitrogens with one attached hydrogen (secondary N) is 1. The molecule has 0 aromatic rings. The van der Waals surface area contributed by atoms with Crippen LogP contribution in [0.3, 0.4) is 0 Å². The topological polar surface area (TPSA) is 70.4 Å². The maximum absolute atomic E-state index is 10.3. The normalized spacial score (nSPS) is 12.3. The Labute approximate surface area is 53.0 Å². The van der Waals surface area contributed by atoms with Crippen molar-refractivity contribution in [2.75, 3.05) is 0 Å². The average molecular weight is 131 g/mol. The number of hydrogen-bond acceptors (Lipinski definition) is 4. The quantitative estimate of drug-likeness (QED) is 0.312. The number of carbonyl (C=O) groups is 1. The van der Waals surface area contributed by atoms with Crippen LogP contribution < -0.4 is 0 Å². The van der Waals surface area contributed by atoms with Crippen LogP contribution in [-0.4, -0.2) is 23.1 Å². The van der Waals surface area contributed by atoms with Crippen LogP contribution in [0.4, 0.5) is 0 Å². The van der Waals surface area contributed by atoms with Gasteiger partial charge in [-0.25, -0.2) is 4.79 Å². The van der Waals surface area contributed by atoms with Gasteiger partial charge in [-0.1, -0.05) is 0 Å². The van der Waals surface area contributed by atoms with Gasteiger partial charge in [-0.15, -0.1) is 0 Å². The van der Waals surface area contributed by atoms with Crippen molar-refractivity contribution in [2.45, 2.75) is 20.1 Å². The summed E-state index contributed by atoms with van der Waals surface area (Å²) < 4.78 is 4.20. The molecule has 0 radical (unpaired) electrons. The largest absolute Gasteiger partial charge is 0.432 e. The molecule has 1 unspecified atom stereocenters. The van der Waals surface area contributed by atoms with Gasteiger partial charge in [0.1, 0.15) is 5.71 Å². The summed E-state index contributed by atoms with van der Waals surface area (Å²) in [7, 11) is 0. The average Bonchev–Trinajstić information content (AvgIpc) is 1.63. The number of hydrogen-bond donors (Lipinski definition) is 2. The first-order chi connectivity index (χ1) is 4.04. The zero-order valence-electron chi connectivity index (χ0n) is 5.34. The fourth-order valence-electron chi connectivity index (χ4n) is 0.243. The minimum atomic E-state index is -1.13. The molecule has 4 nitrogen and oxygen atoms in total. The van der Waals surface area contributed by atoms with Crippen LogP contribution in [0.5, 0.6) is 0 Å². The highest BCUT2D eigenvalue weighted by atomic mass is 16.6. The lowest BCUT2D eigenvalue weighted by atomic mass is 10.4. The molecule has 0 spiro atoms. The van der Waals surface area contributed by atoms with E-state index in [2.05, 4.69) is 4.74 Å². The van der Waals surface area contributed by atoms with Crippen LogP contribution in [0.25, 0.3) is 0 Å². The van der Waals surface area contributed by atoms with E-state index in [4.69, 9.17) is 10.5 Å². The summed E-state index contributed by atoms with van der Waals surface area (Å²) in [6.45, 7) is 2.60. The summed E-state index contributed by atoms with van der Waals surface area (Å²) >= 11 is 0. The van der Waals surface area contributed by atoms with E-state index in [0.717, 1.165) is 0 Å². The van der Waals surface area contributed by atoms with Gasteiger partial charge in [-0.3, -0.25) is 5.41 Å². The van der Waals surface area contributed by atoms with Crippen molar-refractivity contribution in [3.05, 3.63) is 0 Å². The van der Waals surface area contributed by atoms with Gasteiger partial charge >= 0.3 is 5.97 Å². The summed E-state index contributed by atoms with van der Waals surface area (Å²) in [5.41, 5.74) is -0.212. The standard InChI is InChI=1S/C5H9NO3/c1-3(6)5(8)9-4(2)7/h4,6-7H,1-2H3. The lowest BCUT2D eigenvalue weighted by molar-refractivity contribution is -0.156. The fourth-order valence-corrected chi connectivity index (χ4v) is 0.243. The molecule has 52 valence electrons. The molecule has 0 heterocycles. The molecule has 0 saturated heterocycles. The molecule has 2 N–H and O–H groups in total. The molecule has 0 aromatic heterocycles. The van der Waals surface area contributed by atoms with Crippen molar-refractivity contribution < 1.29 is 14.6 Å². The maximum Gasteiger partial charge on any atom is 0.353 e. The van der Waals surface area contributed by atoms with Crippen LogP contribution in [0.2, 0.25) is 0 Å². The molecule has 0 aromatic carbocycles. The Morgan fingerprint density at radius 1 is 1.78 bits per heavy atom. The number of carbonyl (C=O) groups excluding carboxylic acids is 1. The van der Waals surface area contributed by atoms with Crippen LogP contribution in [0.15, 0.2) is 0 Å². The van der Waals surface area contributed by atoms with Crippen LogP contribution >= 0.6 is 0 Å². The van der Waals surface area contributed by atoms with Gasteiger partial charge in [-0.05, 0) is 13.8 Å². The number of aliphatic hydroxyl groups excluding tert-OH is 1. The van der Waals surface area contributed by atoms with E-state index in [0.29, 0.717) is 0 Å². The van der Waals surface area contributed by atoms with Gasteiger partial charge in [-0.2, -0.15) is 0 Å². The van der Waals surface area contributed by atoms with E-state index in [1.807, 2.05) is 0 Å². The second kappa shape index (κ2) is 3.19. The van der Waals surface area contributed by atoms with Gasteiger partial charge in [0.2, 0.25) is 0 Å². The molecule has 0 saturated carbocycles. The molecule has 0 rings (SSSR count). The summed E-state index contributed by atoms with van der Waals surface area (Å²) in [6, 6.07) is 0. The van der Waals surface area contributed by atoms with Gasteiger partial charge in [0, 0.05) is 0 Å². The first-order valence-corrected chi connectivity index (χ1v) is 2.48. The van der Waals surface area contributed by atoms with E-state index in [1.165, 1.54) is 13.8 Å². The van der Waals surface area contributed by atoms with Gasteiger partial charge in [0.05, 0.1) is 0 Å². The number of aliphatic hydroxyl groups is 1. The third kappa shape index (κ3) is 3.66. The highest BCUT2D eigenvalue weighted by Gasteiger charge is 2.06. The Hall–Kier alpha value is -0.900. The zero-order chi connectivity index (χ0) is 7.44. The summed E-state index contributed by atoms with van der Waals surface area (Å²) in [5, 5.41) is 15.1. The second-order valence-electron chi connectivity index (χ2n) is 1.63. The van der Waals surface area contributed by atoms with E-state index >= 15 is 0 Å². The van der Waals surface area contributed by atoms with Gasteiger partial charge in [0.25, 0.3) is 0 Å². The highest BCUT2D eigenvalue weighted by molar-refractivity contribution is 6.34. The Kier molecular flexibility index (Phi) is 2.87. The summed E-state index contributed by atoms with van der Waals surface area (Å²) in [4.78, 5) is 10.3. The SMILES string of the molecule is CC(=N)C(=O)OC(C)O. The third-order valence-corrected chi connectivity index (χ3v) is 0.584. The first-order valence-electron chi connectivity index (χ1n) is 2.48. The summed E-state index contributed by atoms with van der Waals surface area (Å²) in [5.74, 6) is -0.787. The zero-order valence-corrected chi connectivity index (χ0v) is 5.34. The Bertz CT molecular complexity index is 130. The highest BCUT2D eigenvalue weighted by Crippen LogP contribution is 1.86.